The van der Waals surface area contributed by atoms with Gasteiger partial charge in [-0.25, -0.2) is 9.37 Å². The lowest BCUT2D eigenvalue weighted by Gasteiger charge is -2.24. The Balaban J connectivity index is 1.95. The van der Waals surface area contributed by atoms with E-state index in [-0.39, 0.29) is 11.5 Å². The van der Waals surface area contributed by atoms with E-state index >= 15 is 0 Å². The topological polar surface area (TPSA) is 57.3 Å². The third-order valence-corrected chi connectivity index (χ3v) is 3.66. The molecule has 1 aliphatic heterocycles. The summed E-state index contributed by atoms with van der Waals surface area (Å²) in [6.45, 7) is 4.81. The zero-order chi connectivity index (χ0) is 14.5. The van der Waals surface area contributed by atoms with E-state index in [4.69, 9.17) is 0 Å². The smallest absolute Gasteiger partial charge is 0.255 e. The van der Waals surface area contributed by atoms with Crippen LogP contribution in [0.2, 0.25) is 0 Å². The molecule has 2 N–H and O–H groups in total. The molecule has 1 aromatic heterocycles. The van der Waals surface area contributed by atoms with Crippen molar-refractivity contribution in [2.45, 2.75) is 25.8 Å². The van der Waals surface area contributed by atoms with E-state index in [1.54, 1.807) is 7.05 Å². The minimum Gasteiger partial charge on any atom is -0.372 e. The van der Waals surface area contributed by atoms with Crippen LogP contribution in [0.4, 0.5) is 10.2 Å². The average molecular weight is 280 g/mol. The van der Waals surface area contributed by atoms with Gasteiger partial charge in [-0.15, -0.1) is 0 Å². The van der Waals surface area contributed by atoms with Crippen molar-refractivity contribution in [1.82, 2.24) is 15.2 Å². The third kappa shape index (κ3) is 3.45. The van der Waals surface area contributed by atoms with Crippen molar-refractivity contribution in [3.8, 4) is 0 Å². The first kappa shape index (κ1) is 14.7. The largest absolute Gasteiger partial charge is 0.372 e. The van der Waals surface area contributed by atoms with E-state index in [1.807, 2.05) is 0 Å². The van der Waals surface area contributed by atoms with E-state index in [0.29, 0.717) is 18.4 Å². The monoisotopic (exact) mass is 280 g/mol. The fourth-order valence-corrected chi connectivity index (χ4v) is 2.46. The molecule has 1 fully saturated rings. The van der Waals surface area contributed by atoms with E-state index in [1.165, 1.54) is 18.9 Å². The predicted molar refractivity (Wildman–Crippen MR) is 76.3 cm³/mol. The molecule has 1 unspecified atom stereocenters. The number of carbonyl (C=O) groups excluding carboxylic acids is 1. The molecule has 0 aromatic carbocycles. The number of nitrogens with one attached hydrogen (secondary N) is 2. The molecule has 0 saturated carbocycles. The van der Waals surface area contributed by atoms with Gasteiger partial charge in [0.25, 0.3) is 5.91 Å². The molecule has 1 amide bonds. The van der Waals surface area contributed by atoms with Gasteiger partial charge in [0.1, 0.15) is 11.6 Å². The standard InChI is InChI=1S/C14H21FN4O/c1-10(19-5-3-4-6-19)8-18-14(20)12-7-11(15)9-17-13(12)16-2/h7,9-10H,3-6,8H2,1-2H3,(H,16,17)(H,18,20). The highest BCUT2D eigenvalue weighted by molar-refractivity contribution is 5.98. The highest BCUT2D eigenvalue weighted by atomic mass is 19.1. The molecule has 6 heteroatoms. The number of aromatic nitrogens is 1. The van der Waals surface area contributed by atoms with Crippen LogP contribution < -0.4 is 10.6 Å². The van der Waals surface area contributed by atoms with Crippen LogP contribution in [0, 0.1) is 5.82 Å². The van der Waals surface area contributed by atoms with Crippen molar-refractivity contribution in [1.29, 1.82) is 0 Å². The summed E-state index contributed by atoms with van der Waals surface area (Å²) in [5.41, 5.74) is 0.237. The summed E-state index contributed by atoms with van der Waals surface area (Å²) in [7, 11) is 1.66. The number of rotatable bonds is 5. The summed E-state index contributed by atoms with van der Waals surface area (Å²) in [5, 5.41) is 5.65. The Labute approximate surface area is 118 Å². The zero-order valence-corrected chi connectivity index (χ0v) is 11.9. The van der Waals surface area contributed by atoms with Gasteiger partial charge in [0, 0.05) is 19.6 Å². The van der Waals surface area contributed by atoms with Crippen molar-refractivity contribution in [2.24, 2.45) is 0 Å². The summed E-state index contributed by atoms with van der Waals surface area (Å²) in [6, 6.07) is 1.50. The molecule has 2 rings (SSSR count). The van der Waals surface area contributed by atoms with Crippen molar-refractivity contribution < 1.29 is 9.18 Å². The molecule has 2 heterocycles. The van der Waals surface area contributed by atoms with Gasteiger partial charge in [0.2, 0.25) is 0 Å². The maximum absolute atomic E-state index is 13.2. The second kappa shape index (κ2) is 6.65. The minimum absolute atomic E-state index is 0.237. The molecule has 0 aliphatic carbocycles. The number of halogens is 1. The Kier molecular flexibility index (Phi) is 4.89. The molecule has 0 radical (unpaired) electrons. The molecule has 0 bridgehead atoms. The van der Waals surface area contributed by atoms with Crippen LogP contribution in [0.15, 0.2) is 12.3 Å². The number of carbonyl (C=O) groups is 1. The summed E-state index contributed by atoms with van der Waals surface area (Å²) < 4.78 is 13.2. The number of pyridine rings is 1. The molecule has 0 spiro atoms. The molecular weight excluding hydrogens is 259 g/mol. The molecule has 1 aromatic rings. The van der Waals surface area contributed by atoms with E-state index in [0.717, 1.165) is 19.3 Å². The Morgan fingerprint density at radius 1 is 1.50 bits per heavy atom. The van der Waals surface area contributed by atoms with Gasteiger partial charge in [-0.1, -0.05) is 0 Å². The van der Waals surface area contributed by atoms with Crippen molar-refractivity contribution >= 4 is 11.7 Å². The first-order valence-electron chi connectivity index (χ1n) is 6.97. The van der Waals surface area contributed by atoms with Gasteiger partial charge < -0.3 is 10.6 Å². The number of hydrogen-bond donors (Lipinski definition) is 2. The molecule has 1 saturated heterocycles. The van der Waals surface area contributed by atoms with Gasteiger partial charge in [-0.3, -0.25) is 9.69 Å². The number of nitrogens with zero attached hydrogens (tertiary/aromatic N) is 2. The van der Waals surface area contributed by atoms with Gasteiger partial charge >= 0.3 is 0 Å². The predicted octanol–water partition coefficient (Wildman–Crippen LogP) is 1.48. The molecular formula is C14H21FN4O. The molecule has 110 valence electrons. The third-order valence-electron chi connectivity index (χ3n) is 3.66. The van der Waals surface area contributed by atoms with Crippen molar-refractivity contribution in [2.75, 3.05) is 32.0 Å². The maximum atomic E-state index is 13.2. The van der Waals surface area contributed by atoms with Crippen molar-refractivity contribution in [3.05, 3.63) is 23.6 Å². The Morgan fingerprint density at radius 2 is 2.20 bits per heavy atom. The van der Waals surface area contributed by atoms with Crippen LogP contribution in [-0.4, -0.2) is 48.5 Å². The van der Waals surface area contributed by atoms with Gasteiger partial charge in [-0.05, 0) is 38.9 Å². The first-order valence-corrected chi connectivity index (χ1v) is 6.97. The zero-order valence-electron chi connectivity index (χ0n) is 11.9. The van der Waals surface area contributed by atoms with Crippen LogP contribution >= 0.6 is 0 Å². The van der Waals surface area contributed by atoms with Gasteiger partial charge in [0.05, 0.1) is 11.8 Å². The number of likely N-dealkylation sites (tertiary alicyclic amines) is 1. The molecule has 5 nitrogen and oxygen atoms in total. The Hall–Kier alpha value is -1.69. The number of hydrogen-bond acceptors (Lipinski definition) is 4. The second-order valence-electron chi connectivity index (χ2n) is 5.10. The van der Waals surface area contributed by atoms with Crippen LogP contribution in [-0.2, 0) is 0 Å². The number of amides is 1. The van der Waals surface area contributed by atoms with Crippen LogP contribution in [0.25, 0.3) is 0 Å². The highest BCUT2D eigenvalue weighted by Gasteiger charge is 2.19. The lowest BCUT2D eigenvalue weighted by Crippen LogP contribution is -2.40. The highest BCUT2D eigenvalue weighted by Crippen LogP contribution is 2.14. The average Bonchev–Trinajstić information content (AvgIpc) is 2.98. The van der Waals surface area contributed by atoms with Gasteiger partial charge in [0.15, 0.2) is 0 Å². The summed E-state index contributed by atoms with van der Waals surface area (Å²) >= 11 is 0. The molecule has 20 heavy (non-hydrogen) atoms. The minimum atomic E-state index is -0.512. The quantitative estimate of drug-likeness (QED) is 0.857. The Bertz CT molecular complexity index is 474. The maximum Gasteiger partial charge on any atom is 0.255 e. The lowest BCUT2D eigenvalue weighted by atomic mass is 10.2. The van der Waals surface area contributed by atoms with E-state index < -0.39 is 5.82 Å². The van der Waals surface area contributed by atoms with E-state index in [2.05, 4.69) is 27.4 Å². The van der Waals surface area contributed by atoms with Crippen LogP contribution in [0.1, 0.15) is 30.1 Å². The molecule has 1 atom stereocenters. The second-order valence-corrected chi connectivity index (χ2v) is 5.10. The number of anilines is 1. The summed E-state index contributed by atoms with van der Waals surface area (Å²) in [4.78, 5) is 18.3. The van der Waals surface area contributed by atoms with Crippen molar-refractivity contribution in [3.63, 3.8) is 0 Å². The SMILES string of the molecule is CNc1ncc(F)cc1C(=O)NCC(C)N1CCCC1. The summed E-state index contributed by atoms with van der Waals surface area (Å²) in [5.74, 6) is -0.424. The first-order chi connectivity index (χ1) is 9.61. The summed E-state index contributed by atoms with van der Waals surface area (Å²) in [6.07, 6.45) is 3.53. The fourth-order valence-electron chi connectivity index (χ4n) is 2.46. The van der Waals surface area contributed by atoms with Crippen LogP contribution in [0.5, 0.6) is 0 Å². The molecule has 1 aliphatic rings. The Morgan fingerprint density at radius 3 is 2.85 bits per heavy atom. The lowest BCUT2D eigenvalue weighted by molar-refractivity contribution is 0.0940. The fraction of sp³-hybridized carbons (Fsp3) is 0.571. The van der Waals surface area contributed by atoms with Gasteiger partial charge in [-0.2, -0.15) is 0 Å². The van der Waals surface area contributed by atoms with E-state index in [9.17, 15) is 9.18 Å². The normalized spacial score (nSPS) is 16.9. The van der Waals surface area contributed by atoms with Crippen LogP contribution in [0.3, 0.4) is 0 Å².